The Kier molecular flexibility index (Phi) is 2.65. The summed E-state index contributed by atoms with van der Waals surface area (Å²) in [5, 5.41) is 0. The van der Waals surface area contributed by atoms with Crippen LogP contribution in [-0.2, 0) is 6.42 Å². The molecule has 1 aromatic heterocycles. The maximum atomic E-state index is 4.50. The predicted molar refractivity (Wildman–Crippen MR) is 68.9 cm³/mol. The second-order valence-corrected chi connectivity index (χ2v) is 4.58. The first-order valence-electron chi connectivity index (χ1n) is 6.05. The number of pyridine rings is 1. The molecule has 1 atom stereocenters. The molecule has 1 aromatic carbocycles. The molecule has 0 fully saturated rings. The largest absolute Gasteiger partial charge is 0.295 e. The van der Waals surface area contributed by atoms with Gasteiger partial charge in [-0.3, -0.25) is 9.88 Å². The maximum Gasteiger partial charge on any atom is 0.0617 e. The number of benzene rings is 1. The number of nitrogens with zero attached hydrogens (tertiary/aromatic N) is 2. The Morgan fingerprint density at radius 2 is 1.94 bits per heavy atom. The molecule has 0 bridgehead atoms. The van der Waals surface area contributed by atoms with Gasteiger partial charge in [-0.1, -0.05) is 36.4 Å². The average Bonchev–Trinajstić information content (AvgIpc) is 2.39. The van der Waals surface area contributed by atoms with Gasteiger partial charge in [-0.15, -0.1) is 0 Å². The zero-order valence-electron chi connectivity index (χ0n) is 10.0. The zero-order chi connectivity index (χ0) is 11.7. The van der Waals surface area contributed by atoms with Crippen molar-refractivity contribution in [3.63, 3.8) is 0 Å². The summed E-state index contributed by atoms with van der Waals surface area (Å²) in [6, 6.07) is 15.3. The van der Waals surface area contributed by atoms with Crippen LogP contribution in [0.4, 0.5) is 0 Å². The SMILES string of the molecule is CN1CCc2ncccc2C1c1ccccc1. The summed E-state index contributed by atoms with van der Waals surface area (Å²) >= 11 is 0. The van der Waals surface area contributed by atoms with E-state index in [-0.39, 0.29) is 0 Å². The molecule has 86 valence electrons. The lowest BCUT2D eigenvalue weighted by Gasteiger charge is -2.34. The molecule has 2 heterocycles. The molecule has 0 saturated heterocycles. The highest BCUT2D eigenvalue weighted by atomic mass is 15.1. The molecule has 0 saturated carbocycles. The summed E-state index contributed by atoms with van der Waals surface area (Å²) in [6.07, 6.45) is 2.95. The lowest BCUT2D eigenvalue weighted by Crippen LogP contribution is -2.33. The van der Waals surface area contributed by atoms with Gasteiger partial charge in [-0.2, -0.15) is 0 Å². The van der Waals surface area contributed by atoms with Crippen LogP contribution in [0.3, 0.4) is 0 Å². The van der Waals surface area contributed by atoms with Gasteiger partial charge in [0.05, 0.1) is 6.04 Å². The maximum absolute atomic E-state index is 4.50. The number of aromatic nitrogens is 1. The Labute approximate surface area is 102 Å². The van der Waals surface area contributed by atoms with E-state index >= 15 is 0 Å². The summed E-state index contributed by atoms with van der Waals surface area (Å²) in [5.41, 5.74) is 3.95. The molecule has 2 heteroatoms. The van der Waals surface area contributed by atoms with Crippen molar-refractivity contribution in [2.75, 3.05) is 13.6 Å². The normalized spacial score (nSPS) is 19.9. The first-order valence-corrected chi connectivity index (χ1v) is 6.05. The molecule has 1 aliphatic rings. The first kappa shape index (κ1) is 10.5. The molecule has 0 radical (unpaired) electrons. The molecule has 3 rings (SSSR count). The number of fused-ring (bicyclic) bond motifs is 1. The van der Waals surface area contributed by atoms with Crippen LogP contribution < -0.4 is 0 Å². The van der Waals surface area contributed by atoms with Crippen molar-refractivity contribution >= 4 is 0 Å². The summed E-state index contributed by atoms with van der Waals surface area (Å²) in [6.45, 7) is 1.07. The van der Waals surface area contributed by atoms with Crippen LogP contribution in [0.15, 0.2) is 48.7 Å². The van der Waals surface area contributed by atoms with E-state index in [4.69, 9.17) is 0 Å². The standard InChI is InChI=1S/C15H16N2/c1-17-11-9-14-13(8-5-10-16-14)15(17)12-6-3-2-4-7-12/h2-8,10,15H,9,11H2,1H3. The first-order chi connectivity index (χ1) is 8.36. The second kappa shape index (κ2) is 4.30. The fraction of sp³-hybridized carbons (Fsp3) is 0.267. The van der Waals surface area contributed by atoms with Crippen LogP contribution in [0.2, 0.25) is 0 Å². The zero-order valence-corrected chi connectivity index (χ0v) is 10.0. The molecule has 1 aliphatic heterocycles. The average molecular weight is 224 g/mol. The van der Waals surface area contributed by atoms with Gasteiger partial charge in [-0.25, -0.2) is 0 Å². The number of likely N-dealkylation sites (N-methyl/N-ethyl adjacent to an activating group) is 1. The summed E-state index contributed by atoms with van der Waals surface area (Å²) in [5.74, 6) is 0. The lowest BCUT2D eigenvalue weighted by atomic mass is 9.92. The molecular formula is C15H16N2. The fourth-order valence-corrected chi connectivity index (χ4v) is 2.63. The third-order valence-corrected chi connectivity index (χ3v) is 3.48. The highest BCUT2D eigenvalue weighted by Gasteiger charge is 2.26. The number of hydrogen-bond donors (Lipinski definition) is 0. The van der Waals surface area contributed by atoms with E-state index in [2.05, 4.69) is 53.3 Å². The Morgan fingerprint density at radius 3 is 2.76 bits per heavy atom. The topological polar surface area (TPSA) is 16.1 Å². The van der Waals surface area contributed by atoms with Crippen molar-refractivity contribution in [3.8, 4) is 0 Å². The van der Waals surface area contributed by atoms with Gasteiger partial charge in [0.1, 0.15) is 0 Å². The molecule has 0 amide bonds. The molecule has 1 unspecified atom stereocenters. The van der Waals surface area contributed by atoms with Gasteiger partial charge in [0.25, 0.3) is 0 Å². The van der Waals surface area contributed by atoms with E-state index in [1.54, 1.807) is 0 Å². The summed E-state index contributed by atoms with van der Waals surface area (Å²) < 4.78 is 0. The van der Waals surface area contributed by atoms with E-state index < -0.39 is 0 Å². The summed E-state index contributed by atoms with van der Waals surface area (Å²) in [7, 11) is 2.19. The van der Waals surface area contributed by atoms with Crippen molar-refractivity contribution in [1.82, 2.24) is 9.88 Å². The van der Waals surface area contributed by atoms with E-state index in [0.29, 0.717) is 6.04 Å². The summed E-state index contributed by atoms with van der Waals surface area (Å²) in [4.78, 5) is 6.90. The Morgan fingerprint density at radius 1 is 1.12 bits per heavy atom. The van der Waals surface area contributed by atoms with E-state index in [0.717, 1.165) is 13.0 Å². The Hall–Kier alpha value is -1.67. The molecular weight excluding hydrogens is 208 g/mol. The minimum absolute atomic E-state index is 0.355. The third kappa shape index (κ3) is 1.85. The van der Waals surface area contributed by atoms with Crippen LogP contribution in [0.25, 0.3) is 0 Å². The van der Waals surface area contributed by atoms with Crippen LogP contribution in [0, 0.1) is 0 Å². The van der Waals surface area contributed by atoms with E-state index in [1.807, 2.05) is 12.3 Å². The molecule has 17 heavy (non-hydrogen) atoms. The van der Waals surface area contributed by atoms with Crippen molar-refractivity contribution in [2.24, 2.45) is 0 Å². The van der Waals surface area contributed by atoms with Gasteiger partial charge in [0, 0.05) is 24.9 Å². The van der Waals surface area contributed by atoms with Crippen molar-refractivity contribution < 1.29 is 0 Å². The quantitative estimate of drug-likeness (QED) is 0.740. The van der Waals surface area contributed by atoms with Crippen molar-refractivity contribution in [3.05, 3.63) is 65.5 Å². The monoisotopic (exact) mass is 224 g/mol. The smallest absolute Gasteiger partial charge is 0.0617 e. The predicted octanol–water partition coefficient (Wildman–Crippen LogP) is 2.66. The molecule has 2 nitrogen and oxygen atoms in total. The Balaban J connectivity index is 2.10. The fourth-order valence-electron chi connectivity index (χ4n) is 2.63. The third-order valence-electron chi connectivity index (χ3n) is 3.48. The van der Waals surface area contributed by atoms with E-state index in [1.165, 1.54) is 16.8 Å². The van der Waals surface area contributed by atoms with Crippen molar-refractivity contribution in [1.29, 1.82) is 0 Å². The van der Waals surface area contributed by atoms with Crippen LogP contribution >= 0.6 is 0 Å². The minimum atomic E-state index is 0.355. The molecule has 0 aliphatic carbocycles. The highest BCUT2D eigenvalue weighted by molar-refractivity contribution is 5.36. The molecule has 2 aromatic rings. The lowest BCUT2D eigenvalue weighted by molar-refractivity contribution is 0.262. The van der Waals surface area contributed by atoms with Gasteiger partial charge in [0.2, 0.25) is 0 Å². The van der Waals surface area contributed by atoms with Crippen LogP contribution in [-0.4, -0.2) is 23.5 Å². The Bertz CT molecular complexity index is 507. The van der Waals surface area contributed by atoms with Gasteiger partial charge in [-0.05, 0) is 24.2 Å². The van der Waals surface area contributed by atoms with Crippen LogP contribution in [0.1, 0.15) is 22.9 Å². The van der Waals surface area contributed by atoms with E-state index in [9.17, 15) is 0 Å². The van der Waals surface area contributed by atoms with Gasteiger partial charge >= 0.3 is 0 Å². The van der Waals surface area contributed by atoms with Crippen LogP contribution in [0.5, 0.6) is 0 Å². The van der Waals surface area contributed by atoms with Crippen molar-refractivity contribution in [2.45, 2.75) is 12.5 Å². The minimum Gasteiger partial charge on any atom is -0.295 e. The second-order valence-electron chi connectivity index (χ2n) is 4.58. The number of hydrogen-bond acceptors (Lipinski definition) is 2. The molecule has 0 N–H and O–H groups in total. The highest BCUT2D eigenvalue weighted by Crippen LogP contribution is 2.32. The van der Waals surface area contributed by atoms with Gasteiger partial charge in [0.15, 0.2) is 0 Å². The molecule has 0 spiro atoms. The van der Waals surface area contributed by atoms with Gasteiger partial charge < -0.3 is 0 Å². The number of rotatable bonds is 1.